The Bertz CT molecular complexity index is 1350. The molecule has 0 spiro atoms. The molecule has 0 bridgehead atoms. The van der Waals surface area contributed by atoms with Gasteiger partial charge < -0.3 is 9.47 Å². The lowest BCUT2D eigenvalue weighted by molar-refractivity contribution is -0.112. The minimum atomic E-state index is -3.61. The van der Waals surface area contributed by atoms with Crippen LogP contribution in [0.3, 0.4) is 0 Å². The molecular weight excluding hydrogens is 532 g/mol. The number of aromatic nitrogens is 2. The molecule has 1 amide bonds. The third-order valence-corrected chi connectivity index (χ3v) is 6.29. The summed E-state index contributed by atoms with van der Waals surface area (Å²) in [5.74, 6) is 0.128. The number of hydrogen-bond donors (Lipinski definition) is 1. The molecule has 0 saturated heterocycles. The maximum atomic E-state index is 12.5. The van der Waals surface area contributed by atoms with Gasteiger partial charge in [-0.3, -0.25) is 10.1 Å². The average Bonchev–Trinajstić information content (AvgIpc) is 3.26. The highest BCUT2D eigenvalue weighted by molar-refractivity contribution is 9.10. The number of nitrogens with zero attached hydrogens (tertiary/aromatic N) is 3. The van der Waals surface area contributed by atoms with Crippen LogP contribution in [0.5, 0.6) is 11.5 Å². The Balaban J connectivity index is 1.81. The van der Waals surface area contributed by atoms with E-state index >= 15 is 0 Å². The highest BCUT2D eigenvalue weighted by atomic mass is 79.9. The highest BCUT2D eigenvalue weighted by Crippen LogP contribution is 2.37. The van der Waals surface area contributed by atoms with Crippen molar-refractivity contribution in [2.75, 3.05) is 18.7 Å². The molecule has 0 aliphatic heterocycles. The van der Waals surface area contributed by atoms with E-state index < -0.39 is 20.9 Å². The second-order valence-electron chi connectivity index (χ2n) is 6.59. The summed E-state index contributed by atoms with van der Waals surface area (Å²) in [7, 11) is -2.12. The van der Waals surface area contributed by atoms with Crippen molar-refractivity contribution in [2.24, 2.45) is 0 Å². The summed E-state index contributed by atoms with van der Waals surface area (Å²) in [6, 6.07) is 14.8. The average molecular weight is 549 g/mol. The lowest BCUT2D eigenvalue weighted by Crippen LogP contribution is -2.13. The topological polar surface area (TPSA) is 131 Å². The summed E-state index contributed by atoms with van der Waals surface area (Å²) in [6.45, 7) is 0.328. The summed E-state index contributed by atoms with van der Waals surface area (Å²) in [5, 5.41) is 11.4. The van der Waals surface area contributed by atoms with Gasteiger partial charge in [-0.1, -0.05) is 30.3 Å². The Morgan fingerprint density at radius 1 is 1.30 bits per heavy atom. The van der Waals surface area contributed by atoms with Crippen LogP contribution in [0.2, 0.25) is 0 Å². The lowest BCUT2D eigenvalue weighted by Gasteiger charge is -2.14. The first-order valence-electron chi connectivity index (χ1n) is 9.22. The summed E-state index contributed by atoms with van der Waals surface area (Å²) < 4.78 is 38.5. The van der Waals surface area contributed by atoms with E-state index in [-0.39, 0.29) is 10.7 Å². The number of methoxy groups -OCH3 is 1. The zero-order chi connectivity index (χ0) is 24.0. The van der Waals surface area contributed by atoms with Gasteiger partial charge in [-0.15, -0.1) is 0 Å². The zero-order valence-electron chi connectivity index (χ0n) is 17.4. The Kier molecular flexibility index (Phi) is 7.80. The molecule has 0 fully saturated rings. The van der Waals surface area contributed by atoms with Crippen molar-refractivity contribution >= 4 is 54.4 Å². The second kappa shape index (κ2) is 10.6. The first kappa shape index (κ1) is 24.4. The summed E-state index contributed by atoms with van der Waals surface area (Å²) in [5.41, 5.74) is 1.26. The Morgan fingerprint density at radius 3 is 2.64 bits per heavy atom. The van der Waals surface area contributed by atoms with Gasteiger partial charge >= 0.3 is 0 Å². The van der Waals surface area contributed by atoms with E-state index in [0.29, 0.717) is 39.7 Å². The fourth-order valence-corrected chi connectivity index (χ4v) is 4.60. The summed E-state index contributed by atoms with van der Waals surface area (Å²) >= 11 is 4.15. The fraction of sp³-hybridized carbons (Fsp3) is 0.143. The van der Waals surface area contributed by atoms with Crippen molar-refractivity contribution in [1.29, 1.82) is 5.26 Å². The molecule has 2 aromatic carbocycles. The predicted molar refractivity (Wildman–Crippen MR) is 127 cm³/mol. The molecular formula is C21H17BrN4O5S2. The van der Waals surface area contributed by atoms with Crippen molar-refractivity contribution in [3.8, 4) is 17.6 Å². The van der Waals surface area contributed by atoms with E-state index in [1.54, 1.807) is 12.1 Å². The molecule has 1 N–H and O–H groups in total. The number of carbonyl (C=O) groups is 1. The van der Waals surface area contributed by atoms with E-state index in [2.05, 4.69) is 30.6 Å². The number of sulfone groups is 1. The van der Waals surface area contributed by atoms with Crippen LogP contribution < -0.4 is 14.8 Å². The highest BCUT2D eigenvalue weighted by Gasteiger charge is 2.18. The molecule has 3 aromatic rings. The van der Waals surface area contributed by atoms with Crippen LogP contribution in [0.1, 0.15) is 11.1 Å². The molecule has 0 aliphatic rings. The van der Waals surface area contributed by atoms with Gasteiger partial charge in [0, 0.05) is 17.8 Å². The van der Waals surface area contributed by atoms with Gasteiger partial charge in [0.1, 0.15) is 18.2 Å². The van der Waals surface area contributed by atoms with E-state index in [1.807, 2.05) is 36.4 Å². The second-order valence-corrected chi connectivity index (χ2v) is 10.1. The van der Waals surface area contributed by atoms with Gasteiger partial charge in [-0.2, -0.15) is 14.6 Å². The van der Waals surface area contributed by atoms with Gasteiger partial charge in [-0.25, -0.2) is 8.42 Å². The number of benzene rings is 2. The van der Waals surface area contributed by atoms with Gasteiger partial charge in [0.05, 0.1) is 11.6 Å². The minimum absolute atomic E-state index is 0.0370. The summed E-state index contributed by atoms with van der Waals surface area (Å²) in [4.78, 5) is 16.2. The number of anilines is 1. The third kappa shape index (κ3) is 6.38. The predicted octanol–water partition coefficient (Wildman–Crippen LogP) is 3.84. The molecule has 12 heteroatoms. The molecule has 33 heavy (non-hydrogen) atoms. The van der Waals surface area contributed by atoms with Crippen molar-refractivity contribution in [3.63, 3.8) is 0 Å². The lowest BCUT2D eigenvalue weighted by atomic mass is 10.1. The molecule has 3 rings (SSSR count). The first-order valence-corrected chi connectivity index (χ1v) is 12.7. The monoisotopic (exact) mass is 548 g/mol. The number of rotatable bonds is 8. The van der Waals surface area contributed by atoms with Gasteiger partial charge in [-0.05, 0) is 45.3 Å². The maximum absolute atomic E-state index is 12.5. The molecule has 9 nitrogen and oxygen atoms in total. The largest absolute Gasteiger partial charge is 0.493 e. The number of carbonyl (C=O) groups excluding carboxylic acids is 1. The Hall–Kier alpha value is -3.27. The van der Waals surface area contributed by atoms with Crippen molar-refractivity contribution in [2.45, 2.75) is 11.8 Å². The normalized spacial score (nSPS) is 11.5. The molecule has 0 radical (unpaired) electrons. The van der Waals surface area contributed by atoms with Gasteiger partial charge in [0.2, 0.25) is 15.0 Å². The smallest absolute Gasteiger partial charge is 0.268 e. The number of hydrogen-bond acceptors (Lipinski definition) is 9. The van der Waals surface area contributed by atoms with Crippen LogP contribution in [-0.2, 0) is 21.2 Å². The van der Waals surface area contributed by atoms with Crippen LogP contribution in [0.4, 0.5) is 5.13 Å². The number of nitriles is 1. The minimum Gasteiger partial charge on any atom is -0.493 e. The molecule has 1 heterocycles. The number of halogens is 1. The maximum Gasteiger partial charge on any atom is 0.268 e. The first-order chi connectivity index (χ1) is 15.7. The van der Waals surface area contributed by atoms with Crippen LogP contribution in [0.15, 0.2) is 57.7 Å². The third-order valence-electron chi connectivity index (χ3n) is 4.11. The molecule has 0 saturated carbocycles. The standard InChI is InChI=1S/C21H17BrN4O5S2/c1-30-17-10-14(9-16(22)18(17)31-12-13-6-4-3-5-7-13)8-15(11-23)19(27)24-20-25-21(26-32-20)33(2,28)29/h3-10H,12H2,1-2H3,(H,24,25,26,27). The number of ether oxygens (including phenoxy) is 2. The molecule has 1 aromatic heterocycles. The quantitative estimate of drug-likeness (QED) is 0.331. The van der Waals surface area contributed by atoms with Crippen LogP contribution in [0.25, 0.3) is 6.08 Å². The van der Waals surface area contributed by atoms with Crippen molar-refractivity contribution in [1.82, 2.24) is 9.36 Å². The Morgan fingerprint density at radius 2 is 2.03 bits per heavy atom. The van der Waals surface area contributed by atoms with E-state index in [0.717, 1.165) is 11.8 Å². The molecule has 170 valence electrons. The van der Waals surface area contributed by atoms with Gasteiger partial charge in [0.15, 0.2) is 11.5 Å². The molecule has 0 atom stereocenters. The number of amides is 1. The molecule has 0 aliphatic carbocycles. The van der Waals surface area contributed by atoms with Crippen LogP contribution in [0, 0.1) is 11.3 Å². The fourth-order valence-electron chi connectivity index (χ4n) is 2.58. The zero-order valence-corrected chi connectivity index (χ0v) is 20.6. The summed E-state index contributed by atoms with van der Waals surface area (Å²) in [6.07, 6.45) is 2.32. The van der Waals surface area contributed by atoms with Crippen LogP contribution in [-0.4, -0.2) is 37.0 Å². The van der Waals surface area contributed by atoms with E-state index in [9.17, 15) is 18.5 Å². The molecule has 0 unspecified atom stereocenters. The van der Waals surface area contributed by atoms with Crippen LogP contribution >= 0.6 is 27.5 Å². The van der Waals surface area contributed by atoms with Crippen molar-refractivity contribution in [3.05, 3.63) is 63.6 Å². The SMILES string of the molecule is COc1cc(C=C(C#N)C(=O)Nc2nc(S(C)(=O)=O)ns2)cc(Br)c1OCc1ccccc1. The van der Waals surface area contributed by atoms with Crippen molar-refractivity contribution < 1.29 is 22.7 Å². The van der Waals surface area contributed by atoms with Gasteiger partial charge in [0.25, 0.3) is 11.1 Å². The van der Waals surface area contributed by atoms with E-state index in [4.69, 9.17) is 9.47 Å². The Labute approximate surface area is 202 Å². The van der Waals surface area contributed by atoms with E-state index in [1.165, 1.54) is 13.2 Å². The number of nitrogens with one attached hydrogen (secondary N) is 1.